The zero-order chi connectivity index (χ0) is 21.2. The van der Waals surface area contributed by atoms with Crippen molar-refractivity contribution in [1.29, 1.82) is 0 Å². The minimum absolute atomic E-state index is 0.0957. The van der Waals surface area contributed by atoms with Crippen LogP contribution in [-0.2, 0) is 14.3 Å². The first kappa shape index (κ1) is 20.0. The summed E-state index contributed by atoms with van der Waals surface area (Å²) >= 11 is 1.25. The summed E-state index contributed by atoms with van der Waals surface area (Å²) < 4.78 is 5.55. The first-order valence-corrected chi connectivity index (χ1v) is 11.3. The molecule has 1 saturated heterocycles. The molecule has 0 aliphatic carbocycles. The summed E-state index contributed by atoms with van der Waals surface area (Å²) in [7, 11) is 0. The van der Waals surface area contributed by atoms with E-state index in [2.05, 4.69) is 10.3 Å². The van der Waals surface area contributed by atoms with Crippen LogP contribution in [0.5, 0.6) is 0 Å². The lowest BCUT2D eigenvalue weighted by atomic mass is 10.1. The lowest BCUT2D eigenvalue weighted by Crippen LogP contribution is -2.40. The molecule has 7 nitrogen and oxygen atoms in total. The lowest BCUT2D eigenvalue weighted by Gasteiger charge is -2.25. The van der Waals surface area contributed by atoms with Gasteiger partial charge in [-0.3, -0.25) is 9.59 Å². The number of para-hydroxylation sites is 1. The highest BCUT2D eigenvalue weighted by Gasteiger charge is 2.42. The van der Waals surface area contributed by atoms with E-state index in [1.54, 1.807) is 4.90 Å². The fourth-order valence-corrected chi connectivity index (χ4v) is 4.74. The molecule has 2 amide bonds. The largest absolute Gasteiger partial charge is 0.376 e. The molecule has 0 radical (unpaired) electrons. The number of carbonyl (C=O) groups is 2. The number of fused-ring (bicyclic) bond motifs is 3. The number of ether oxygens (including phenoxy) is 1. The number of amides is 2. The zero-order valence-electron chi connectivity index (χ0n) is 16.9. The van der Waals surface area contributed by atoms with Gasteiger partial charge in [0.15, 0.2) is 11.2 Å². The Morgan fingerprint density at radius 2 is 1.97 bits per heavy atom. The third-order valence-electron chi connectivity index (χ3n) is 5.47. The highest BCUT2D eigenvalue weighted by atomic mass is 32.2. The molecule has 0 saturated carbocycles. The van der Waals surface area contributed by atoms with Crippen LogP contribution in [0.15, 0.2) is 64.6 Å². The van der Waals surface area contributed by atoms with Gasteiger partial charge in [0.25, 0.3) is 5.91 Å². The predicted octanol–water partition coefficient (Wildman–Crippen LogP) is 3.05. The minimum atomic E-state index is -0.610. The van der Waals surface area contributed by atoms with Gasteiger partial charge in [-0.25, -0.2) is 14.9 Å². The molecule has 0 aromatic heterocycles. The Kier molecular flexibility index (Phi) is 5.57. The van der Waals surface area contributed by atoms with Gasteiger partial charge in [-0.1, -0.05) is 54.2 Å². The van der Waals surface area contributed by atoms with Crippen LogP contribution in [0.25, 0.3) is 0 Å². The first-order chi connectivity index (χ1) is 15.2. The topological polar surface area (TPSA) is 83.4 Å². The first-order valence-electron chi connectivity index (χ1n) is 10.4. The molecule has 2 aromatic carbocycles. The molecule has 158 valence electrons. The molecule has 1 fully saturated rings. The number of amidine groups is 2. The van der Waals surface area contributed by atoms with E-state index in [-0.39, 0.29) is 23.7 Å². The molecule has 0 bridgehead atoms. The minimum Gasteiger partial charge on any atom is -0.376 e. The normalized spacial score (nSPS) is 21.9. The maximum Gasteiger partial charge on any atom is 0.263 e. The second kappa shape index (κ2) is 8.64. The van der Waals surface area contributed by atoms with Crippen molar-refractivity contribution in [3.8, 4) is 0 Å². The highest BCUT2D eigenvalue weighted by molar-refractivity contribution is 8.14. The van der Waals surface area contributed by atoms with Gasteiger partial charge in [0.05, 0.1) is 17.5 Å². The number of carbonyl (C=O) groups excluding carboxylic acids is 2. The van der Waals surface area contributed by atoms with Gasteiger partial charge in [0.2, 0.25) is 5.91 Å². The summed E-state index contributed by atoms with van der Waals surface area (Å²) in [5.41, 5.74) is 2.41. The fraction of sp³-hybridized carbons (Fsp3) is 0.304. The van der Waals surface area contributed by atoms with Crippen molar-refractivity contribution in [2.24, 2.45) is 9.98 Å². The quantitative estimate of drug-likeness (QED) is 0.784. The summed E-state index contributed by atoms with van der Waals surface area (Å²) in [6.07, 6.45) is 2.10. The molecule has 0 unspecified atom stereocenters. The van der Waals surface area contributed by atoms with E-state index in [1.165, 1.54) is 11.8 Å². The van der Waals surface area contributed by atoms with Crippen molar-refractivity contribution in [3.05, 3.63) is 65.7 Å². The van der Waals surface area contributed by atoms with Crippen molar-refractivity contribution in [2.45, 2.75) is 25.0 Å². The van der Waals surface area contributed by atoms with E-state index in [4.69, 9.17) is 9.73 Å². The Hall–Kier alpha value is -2.97. The molecule has 3 aliphatic heterocycles. The number of rotatable bonds is 5. The molecule has 2 atom stereocenters. The molecule has 3 heterocycles. The smallest absolute Gasteiger partial charge is 0.263 e. The van der Waals surface area contributed by atoms with Crippen LogP contribution >= 0.6 is 11.8 Å². The molecule has 5 rings (SSSR count). The number of aliphatic imine (C=N–C) groups is 2. The molecule has 2 aromatic rings. The molecular formula is C23H22N4O3S. The predicted molar refractivity (Wildman–Crippen MR) is 121 cm³/mol. The Morgan fingerprint density at radius 3 is 2.77 bits per heavy atom. The van der Waals surface area contributed by atoms with Gasteiger partial charge < -0.3 is 10.1 Å². The Bertz CT molecular complexity index is 1060. The number of thioether (sulfide) groups is 1. The third kappa shape index (κ3) is 4.00. The van der Waals surface area contributed by atoms with Crippen molar-refractivity contribution in [3.63, 3.8) is 0 Å². The number of hydrogen-bond donors (Lipinski definition) is 1. The van der Waals surface area contributed by atoms with E-state index in [9.17, 15) is 9.59 Å². The molecule has 0 spiro atoms. The van der Waals surface area contributed by atoms with Gasteiger partial charge in [-0.15, -0.1) is 0 Å². The summed E-state index contributed by atoms with van der Waals surface area (Å²) in [4.78, 5) is 36.7. The van der Waals surface area contributed by atoms with Crippen LogP contribution in [0.4, 0.5) is 5.69 Å². The third-order valence-corrected chi connectivity index (χ3v) is 6.41. The number of hydrogen-bond acceptors (Lipinski definition) is 6. The van der Waals surface area contributed by atoms with Gasteiger partial charge >= 0.3 is 0 Å². The van der Waals surface area contributed by atoms with E-state index in [1.807, 2.05) is 54.6 Å². The Labute approximate surface area is 184 Å². The number of nitrogens with zero attached hydrogens (tertiary/aromatic N) is 3. The van der Waals surface area contributed by atoms with Gasteiger partial charge in [-0.05, 0) is 30.5 Å². The van der Waals surface area contributed by atoms with Crippen molar-refractivity contribution in [2.75, 3.05) is 18.9 Å². The number of nitrogens with one attached hydrogen (secondary N) is 1. The van der Waals surface area contributed by atoms with Crippen molar-refractivity contribution in [1.82, 2.24) is 10.2 Å². The van der Waals surface area contributed by atoms with Crippen LogP contribution in [0.1, 0.15) is 30.0 Å². The summed E-state index contributed by atoms with van der Waals surface area (Å²) in [5.74, 6) is 0.501. The van der Waals surface area contributed by atoms with E-state index < -0.39 is 6.04 Å². The van der Waals surface area contributed by atoms with Gasteiger partial charge in [0.1, 0.15) is 5.84 Å². The van der Waals surface area contributed by atoms with Gasteiger partial charge in [-0.2, -0.15) is 0 Å². The molecule has 3 aliphatic rings. The monoisotopic (exact) mass is 434 g/mol. The highest BCUT2D eigenvalue weighted by Crippen LogP contribution is 2.37. The van der Waals surface area contributed by atoms with Crippen LogP contribution in [0, 0.1) is 0 Å². The second-order valence-electron chi connectivity index (χ2n) is 7.58. The van der Waals surface area contributed by atoms with Crippen molar-refractivity contribution < 1.29 is 14.3 Å². The average Bonchev–Trinajstić information content (AvgIpc) is 3.45. The second-order valence-corrected chi connectivity index (χ2v) is 8.52. The lowest BCUT2D eigenvalue weighted by molar-refractivity contribution is -0.124. The number of benzene rings is 2. The molecule has 8 heteroatoms. The van der Waals surface area contributed by atoms with E-state index in [0.29, 0.717) is 17.5 Å². The van der Waals surface area contributed by atoms with E-state index >= 15 is 0 Å². The Morgan fingerprint density at radius 1 is 1.16 bits per heavy atom. The van der Waals surface area contributed by atoms with Crippen LogP contribution in [-0.4, -0.2) is 52.7 Å². The molecule has 1 N–H and O–H groups in total. The van der Waals surface area contributed by atoms with Crippen LogP contribution in [0.3, 0.4) is 0 Å². The maximum atomic E-state index is 13.3. The maximum absolute atomic E-state index is 13.3. The van der Waals surface area contributed by atoms with Crippen LogP contribution in [0.2, 0.25) is 0 Å². The standard InChI is InChI=1S/C23H22N4O3S/c28-19(24-13-16-9-6-12-30-16)14-31-23-25-18-11-5-4-10-17(18)21-26-20(22(29)27(21)23)15-7-2-1-3-8-15/h1-5,7-8,10-11,16,20H,6,9,12-14H2,(H,24,28)/t16-,20-/m1/s1. The molecular weight excluding hydrogens is 412 g/mol. The summed E-state index contributed by atoms with van der Waals surface area (Å²) in [5, 5.41) is 3.40. The van der Waals surface area contributed by atoms with Crippen LogP contribution < -0.4 is 5.32 Å². The average molecular weight is 435 g/mol. The van der Waals surface area contributed by atoms with E-state index in [0.717, 1.165) is 36.3 Å². The van der Waals surface area contributed by atoms with Gasteiger partial charge in [0, 0.05) is 18.7 Å². The Balaban J connectivity index is 1.35. The summed E-state index contributed by atoms with van der Waals surface area (Å²) in [6.45, 7) is 1.27. The SMILES string of the molecule is O=C(CSC1=Nc2ccccc2C2=N[C@H](c3ccccc3)C(=O)N12)NC[C@H]1CCCO1. The summed E-state index contributed by atoms with van der Waals surface area (Å²) in [6, 6.07) is 16.5. The zero-order valence-corrected chi connectivity index (χ0v) is 17.7. The molecule has 31 heavy (non-hydrogen) atoms. The fourth-order valence-electron chi connectivity index (χ4n) is 3.91. The van der Waals surface area contributed by atoms with Crippen molar-refractivity contribution >= 4 is 40.3 Å².